The molecule has 6 heteroatoms. The van der Waals surface area contributed by atoms with Crippen molar-refractivity contribution in [3.05, 3.63) is 23.2 Å². The Hall–Kier alpha value is -1.30. The lowest BCUT2D eigenvalue weighted by Crippen LogP contribution is -2.34. The maximum atomic E-state index is 12.2. The van der Waals surface area contributed by atoms with Crippen molar-refractivity contribution >= 4 is 23.2 Å². The summed E-state index contributed by atoms with van der Waals surface area (Å²) in [4.78, 5) is 12.2. The van der Waals surface area contributed by atoms with E-state index in [0.717, 1.165) is 19.4 Å². The molecule has 3 unspecified atom stereocenters. The lowest BCUT2D eigenvalue weighted by molar-refractivity contribution is -0.119. The summed E-state index contributed by atoms with van der Waals surface area (Å²) in [6, 6.07) is 4.94. The van der Waals surface area contributed by atoms with Gasteiger partial charge in [-0.2, -0.15) is 0 Å². The molecule has 2 rings (SSSR count). The van der Waals surface area contributed by atoms with Crippen LogP contribution in [0.4, 0.5) is 5.69 Å². The van der Waals surface area contributed by atoms with Crippen molar-refractivity contribution in [2.45, 2.75) is 38.8 Å². The molecule has 0 saturated carbocycles. The van der Waals surface area contributed by atoms with Gasteiger partial charge in [0.15, 0.2) is 0 Å². The van der Waals surface area contributed by atoms with E-state index in [4.69, 9.17) is 26.8 Å². The van der Waals surface area contributed by atoms with Crippen LogP contribution >= 0.6 is 11.6 Å². The molecule has 22 heavy (non-hydrogen) atoms. The highest BCUT2D eigenvalue weighted by molar-refractivity contribution is 6.31. The molecule has 1 aliphatic rings. The van der Waals surface area contributed by atoms with Crippen molar-refractivity contribution in [1.82, 2.24) is 0 Å². The topological polar surface area (TPSA) is 73.6 Å². The number of carbonyl (C=O) groups excluding carboxylic acids is 1. The molecule has 5 nitrogen and oxygen atoms in total. The molecule has 1 fully saturated rings. The molecule has 0 spiro atoms. The molecular weight excluding hydrogens is 304 g/mol. The Morgan fingerprint density at radius 1 is 1.55 bits per heavy atom. The second-order valence-electron chi connectivity index (χ2n) is 5.72. The average Bonchev–Trinajstić information content (AvgIpc) is 2.98. The highest BCUT2D eigenvalue weighted by Crippen LogP contribution is 2.29. The molecule has 0 aromatic heterocycles. The van der Waals surface area contributed by atoms with Crippen molar-refractivity contribution in [2.75, 3.05) is 18.5 Å². The van der Waals surface area contributed by atoms with Crippen LogP contribution in [-0.2, 0) is 9.53 Å². The fraction of sp³-hybridized carbons (Fsp3) is 0.562. The predicted molar refractivity (Wildman–Crippen MR) is 87.4 cm³/mol. The summed E-state index contributed by atoms with van der Waals surface area (Å²) in [7, 11) is 0. The Morgan fingerprint density at radius 3 is 2.95 bits per heavy atom. The Balaban J connectivity index is 2.04. The largest absolute Gasteiger partial charge is 0.489 e. The third-order valence-corrected chi connectivity index (χ3v) is 4.09. The summed E-state index contributed by atoms with van der Waals surface area (Å²) < 4.78 is 11.3. The number of hydrogen-bond acceptors (Lipinski definition) is 4. The smallest absolute Gasteiger partial charge is 0.228 e. The number of anilines is 1. The van der Waals surface area contributed by atoms with Gasteiger partial charge in [-0.15, -0.1) is 0 Å². The van der Waals surface area contributed by atoms with Crippen LogP contribution < -0.4 is 15.8 Å². The molecule has 122 valence electrons. The van der Waals surface area contributed by atoms with Gasteiger partial charge in [-0.05, 0) is 38.0 Å². The third-order valence-electron chi connectivity index (χ3n) is 3.85. The zero-order valence-corrected chi connectivity index (χ0v) is 13.7. The lowest BCUT2D eigenvalue weighted by Gasteiger charge is -2.18. The molecule has 0 aliphatic carbocycles. The van der Waals surface area contributed by atoms with Crippen LogP contribution in [0.15, 0.2) is 18.2 Å². The van der Waals surface area contributed by atoms with Crippen molar-refractivity contribution in [3.63, 3.8) is 0 Å². The quantitative estimate of drug-likeness (QED) is 0.843. The minimum Gasteiger partial charge on any atom is -0.489 e. The summed E-state index contributed by atoms with van der Waals surface area (Å²) in [5, 5.41) is 3.37. The number of nitrogens with two attached hydrogens (primary N) is 1. The van der Waals surface area contributed by atoms with Gasteiger partial charge >= 0.3 is 0 Å². The number of amides is 1. The van der Waals surface area contributed by atoms with E-state index >= 15 is 0 Å². The molecule has 1 aromatic carbocycles. The normalized spacial score (nSPS) is 20.5. The van der Waals surface area contributed by atoms with Gasteiger partial charge < -0.3 is 20.5 Å². The summed E-state index contributed by atoms with van der Waals surface area (Å²) in [5.74, 6) is 0.134. The van der Waals surface area contributed by atoms with Crippen LogP contribution in [-0.4, -0.2) is 31.3 Å². The van der Waals surface area contributed by atoms with E-state index in [9.17, 15) is 4.79 Å². The standard InChI is InChI=1S/C16H23ClN2O3/c1-10(11(2)18)16(20)19-14-8-12(17)5-6-15(14)22-9-13-4-3-7-21-13/h5-6,8,10-11,13H,3-4,7,9,18H2,1-2H3,(H,19,20). The Bertz CT molecular complexity index is 516. The molecular formula is C16H23ClN2O3. The SMILES string of the molecule is CC(N)C(C)C(=O)Nc1cc(Cl)ccc1OCC1CCCO1. The first-order valence-corrected chi connectivity index (χ1v) is 7.95. The van der Waals surface area contributed by atoms with Gasteiger partial charge in [0.2, 0.25) is 5.91 Å². The van der Waals surface area contributed by atoms with Crippen LogP contribution in [0.3, 0.4) is 0 Å². The first-order valence-electron chi connectivity index (χ1n) is 7.57. The second kappa shape index (κ2) is 7.81. The zero-order chi connectivity index (χ0) is 16.1. The first-order chi connectivity index (χ1) is 10.5. The van der Waals surface area contributed by atoms with E-state index in [1.54, 1.807) is 32.0 Å². The van der Waals surface area contributed by atoms with E-state index in [-0.39, 0.29) is 24.0 Å². The maximum absolute atomic E-state index is 12.2. The molecule has 1 heterocycles. The minimum atomic E-state index is -0.301. The van der Waals surface area contributed by atoms with Gasteiger partial charge in [-0.25, -0.2) is 0 Å². The molecule has 0 radical (unpaired) electrons. The average molecular weight is 327 g/mol. The van der Waals surface area contributed by atoms with Crippen LogP contribution in [0.25, 0.3) is 0 Å². The van der Waals surface area contributed by atoms with E-state index in [1.807, 2.05) is 0 Å². The van der Waals surface area contributed by atoms with Crippen LogP contribution in [0.2, 0.25) is 5.02 Å². The van der Waals surface area contributed by atoms with Crippen LogP contribution in [0, 0.1) is 5.92 Å². The van der Waals surface area contributed by atoms with Gasteiger partial charge in [-0.3, -0.25) is 4.79 Å². The number of hydrogen-bond donors (Lipinski definition) is 2. The molecule has 3 atom stereocenters. The van der Waals surface area contributed by atoms with Crippen LogP contribution in [0.1, 0.15) is 26.7 Å². The van der Waals surface area contributed by atoms with Crippen LogP contribution in [0.5, 0.6) is 5.75 Å². The fourth-order valence-electron chi connectivity index (χ4n) is 2.17. The molecule has 3 N–H and O–H groups in total. The van der Waals surface area contributed by atoms with E-state index < -0.39 is 0 Å². The number of rotatable bonds is 6. The summed E-state index contributed by atoms with van der Waals surface area (Å²) in [5.41, 5.74) is 6.32. The van der Waals surface area contributed by atoms with Gasteiger partial charge in [-0.1, -0.05) is 18.5 Å². The monoisotopic (exact) mass is 326 g/mol. The van der Waals surface area contributed by atoms with E-state index in [1.165, 1.54) is 0 Å². The minimum absolute atomic E-state index is 0.113. The number of halogens is 1. The zero-order valence-electron chi connectivity index (χ0n) is 13.0. The van der Waals surface area contributed by atoms with Gasteiger partial charge in [0, 0.05) is 17.7 Å². The fourth-order valence-corrected chi connectivity index (χ4v) is 2.34. The summed E-state index contributed by atoms with van der Waals surface area (Å²) >= 11 is 6.01. The third kappa shape index (κ3) is 4.60. The summed E-state index contributed by atoms with van der Waals surface area (Å²) in [6.07, 6.45) is 2.17. The van der Waals surface area contributed by atoms with Crippen molar-refractivity contribution in [2.24, 2.45) is 11.7 Å². The summed E-state index contributed by atoms with van der Waals surface area (Å²) in [6.45, 7) is 4.84. The number of benzene rings is 1. The number of carbonyl (C=O) groups is 1. The van der Waals surface area contributed by atoms with Gasteiger partial charge in [0.05, 0.1) is 17.7 Å². The molecule has 1 aliphatic heterocycles. The second-order valence-corrected chi connectivity index (χ2v) is 6.16. The Kier molecular flexibility index (Phi) is 6.06. The maximum Gasteiger partial charge on any atom is 0.228 e. The Morgan fingerprint density at radius 2 is 2.32 bits per heavy atom. The highest BCUT2D eigenvalue weighted by atomic mass is 35.5. The van der Waals surface area contributed by atoms with Gasteiger partial charge in [0.1, 0.15) is 12.4 Å². The van der Waals surface area contributed by atoms with Crippen molar-refractivity contribution in [1.29, 1.82) is 0 Å². The lowest BCUT2D eigenvalue weighted by atomic mass is 10.0. The number of ether oxygens (including phenoxy) is 2. The molecule has 1 aromatic rings. The van der Waals surface area contributed by atoms with E-state index in [0.29, 0.717) is 23.1 Å². The molecule has 0 bridgehead atoms. The first kappa shape index (κ1) is 17.1. The number of nitrogens with one attached hydrogen (secondary N) is 1. The van der Waals surface area contributed by atoms with Crippen molar-refractivity contribution < 1.29 is 14.3 Å². The Labute approximate surface area is 136 Å². The highest BCUT2D eigenvalue weighted by Gasteiger charge is 2.20. The predicted octanol–water partition coefficient (Wildman–Crippen LogP) is 2.82. The molecule has 1 saturated heterocycles. The van der Waals surface area contributed by atoms with E-state index in [2.05, 4.69) is 5.32 Å². The van der Waals surface area contributed by atoms with Crippen molar-refractivity contribution in [3.8, 4) is 5.75 Å². The molecule has 1 amide bonds. The van der Waals surface area contributed by atoms with Gasteiger partial charge in [0.25, 0.3) is 0 Å².